The molecule has 4 aliphatic rings. The minimum Gasteiger partial charge on any atom is -0.383 e. The van der Waals surface area contributed by atoms with Gasteiger partial charge in [0.05, 0.1) is 6.61 Å². The van der Waals surface area contributed by atoms with Crippen LogP contribution in [0.5, 0.6) is 0 Å². The SMILES string of the molecule is COCCn1cc(C(=O)NC[C@@H]2C[C@H]3C=C[C@@H]2C32CC2)c(=O)c(C(=O)NC2CCCCCCC2)c1. The molecule has 0 aromatic carbocycles. The summed E-state index contributed by atoms with van der Waals surface area (Å²) in [6, 6.07) is 0.0766. The zero-order valence-electron chi connectivity index (χ0n) is 20.9. The van der Waals surface area contributed by atoms with Gasteiger partial charge in [-0.2, -0.15) is 0 Å². The molecule has 3 saturated carbocycles. The third-order valence-corrected chi connectivity index (χ3v) is 8.93. The van der Waals surface area contributed by atoms with Crippen LogP contribution in [-0.4, -0.2) is 42.7 Å². The summed E-state index contributed by atoms with van der Waals surface area (Å²) in [6.07, 6.45) is 19.2. The van der Waals surface area contributed by atoms with Crippen molar-refractivity contribution in [3.05, 3.63) is 45.9 Å². The molecule has 1 aromatic rings. The lowest BCUT2D eigenvalue weighted by Gasteiger charge is -2.22. The first kappa shape index (κ1) is 24.3. The van der Waals surface area contributed by atoms with E-state index in [4.69, 9.17) is 4.74 Å². The molecular weight excluding hydrogens is 442 g/mol. The van der Waals surface area contributed by atoms with Gasteiger partial charge in [-0.3, -0.25) is 14.4 Å². The Morgan fingerprint density at radius 3 is 2.37 bits per heavy atom. The van der Waals surface area contributed by atoms with Crippen LogP contribution in [0.1, 0.15) is 84.9 Å². The maximum absolute atomic E-state index is 13.3. The number of amides is 2. The van der Waals surface area contributed by atoms with Gasteiger partial charge in [0, 0.05) is 38.6 Å². The zero-order valence-corrected chi connectivity index (χ0v) is 20.9. The van der Waals surface area contributed by atoms with Gasteiger partial charge in [-0.25, -0.2) is 0 Å². The number of methoxy groups -OCH3 is 1. The van der Waals surface area contributed by atoms with Crippen LogP contribution in [0.15, 0.2) is 29.3 Å². The summed E-state index contributed by atoms with van der Waals surface area (Å²) in [5.41, 5.74) is 0.0463. The highest BCUT2D eigenvalue weighted by Crippen LogP contribution is 2.69. The molecule has 2 bridgehead atoms. The summed E-state index contributed by atoms with van der Waals surface area (Å²) >= 11 is 0. The topological polar surface area (TPSA) is 89.4 Å². The van der Waals surface area contributed by atoms with Crippen LogP contribution in [0.25, 0.3) is 0 Å². The standard InChI is InChI=1S/C28H39N3O4/c1-35-14-13-31-17-22(26(33)29-16-19-15-20-9-10-24(19)28(20)11-12-28)25(32)23(18-31)27(34)30-21-7-5-3-2-4-6-8-21/h9-10,17-21,24H,2-8,11-16H2,1H3,(H,29,33)(H,30,34)/t19-,20+,24-/m0/s1. The molecule has 35 heavy (non-hydrogen) atoms. The third kappa shape index (κ3) is 4.97. The fraction of sp³-hybridized carbons (Fsp3) is 0.679. The van der Waals surface area contributed by atoms with Gasteiger partial charge in [-0.05, 0) is 55.3 Å². The Morgan fingerprint density at radius 2 is 1.71 bits per heavy atom. The number of ether oxygens (including phenoxy) is 1. The van der Waals surface area contributed by atoms with E-state index in [1.807, 2.05) is 0 Å². The van der Waals surface area contributed by atoms with Crippen LogP contribution in [0.4, 0.5) is 0 Å². The van der Waals surface area contributed by atoms with Gasteiger partial charge in [-0.15, -0.1) is 0 Å². The molecule has 4 aliphatic carbocycles. The van der Waals surface area contributed by atoms with E-state index in [0.29, 0.717) is 42.9 Å². The minimum absolute atomic E-state index is 0.0336. The maximum atomic E-state index is 13.3. The highest BCUT2D eigenvalue weighted by atomic mass is 16.5. The van der Waals surface area contributed by atoms with Crippen molar-refractivity contribution in [3.8, 4) is 0 Å². The monoisotopic (exact) mass is 481 g/mol. The van der Waals surface area contributed by atoms with Crippen molar-refractivity contribution in [2.24, 2.45) is 23.2 Å². The summed E-state index contributed by atoms with van der Waals surface area (Å²) < 4.78 is 6.91. The number of carbonyl (C=O) groups excluding carboxylic acids is 2. The molecule has 0 saturated heterocycles. The largest absolute Gasteiger partial charge is 0.383 e. The number of rotatable bonds is 8. The molecule has 1 heterocycles. The minimum atomic E-state index is -0.494. The van der Waals surface area contributed by atoms with E-state index < -0.39 is 11.3 Å². The molecule has 1 spiro atoms. The van der Waals surface area contributed by atoms with Crippen LogP contribution in [0, 0.1) is 23.2 Å². The molecule has 0 aliphatic heterocycles. The van der Waals surface area contributed by atoms with E-state index in [1.54, 1.807) is 24.1 Å². The third-order valence-electron chi connectivity index (χ3n) is 8.93. The first-order chi connectivity index (χ1) is 17.0. The Labute approximate surface area is 207 Å². The van der Waals surface area contributed by atoms with Gasteiger partial charge >= 0.3 is 0 Å². The van der Waals surface area contributed by atoms with Crippen LogP contribution in [0.2, 0.25) is 0 Å². The summed E-state index contributed by atoms with van der Waals surface area (Å²) in [6.45, 7) is 1.45. The smallest absolute Gasteiger partial charge is 0.256 e. The Hall–Kier alpha value is -2.41. The van der Waals surface area contributed by atoms with Crippen LogP contribution in [-0.2, 0) is 11.3 Å². The average molecular weight is 482 g/mol. The van der Waals surface area contributed by atoms with Crippen molar-refractivity contribution in [2.75, 3.05) is 20.3 Å². The fourth-order valence-corrected chi connectivity index (χ4v) is 6.82. The van der Waals surface area contributed by atoms with Crippen molar-refractivity contribution >= 4 is 11.8 Å². The van der Waals surface area contributed by atoms with E-state index in [1.165, 1.54) is 32.1 Å². The molecule has 3 fully saturated rings. The molecule has 2 N–H and O–H groups in total. The quantitative estimate of drug-likeness (QED) is 0.555. The molecule has 3 atom stereocenters. The molecule has 0 radical (unpaired) electrons. The normalized spacial score (nSPS) is 26.9. The van der Waals surface area contributed by atoms with E-state index in [2.05, 4.69) is 22.8 Å². The van der Waals surface area contributed by atoms with Gasteiger partial charge in [0.1, 0.15) is 11.1 Å². The highest BCUT2D eigenvalue weighted by molar-refractivity contribution is 5.99. The second-order valence-electron chi connectivity index (χ2n) is 11.1. The molecule has 5 rings (SSSR count). The number of nitrogens with zero attached hydrogens (tertiary/aromatic N) is 1. The molecule has 2 amide bonds. The van der Waals surface area contributed by atoms with E-state index in [9.17, 15) is 14.4 Å². The first-order valence-electron chi connectivity index (χ1n) is 13.5. The van der Waals surface area contributed by atoms with Gasteiger partial charge in [-0.1, -0.05) is 44.3 Å². The average Bonchev–Trinajstić information content (AvgIpc) is 3.50. The summed E-state index contributed by atoms with van der Waals surface area (Å²) in [5, 5.41) is 6.11. The lowest BCUT2D eigenvalue weighted by Crippen LogP contribution is -2.40. The molecule has 0 unspecified atom stereocenters. The number of carbonyl (C=O) groups is 2. The van der Waals surface area contributed by atoms with Gasteiger partial charge < -0.3 is 19.9 Å². The summed E-state index contributed by atoms with van der Waals surface area (Å²) in [5.74, 6) is 0.861. The van der Waals surface area contributed by atoms with Crippen LogP contribution >= 0.6 is 0 Å². The number of pyridine rings is 1. The molecule has 7 heteroatoms. The lowest BCUT2D eigenvalue weighted by molar-refractivity contribution is 0.0928. The molecule has 1 aromatic heterocycles. The summed E-state index contributed by atoms with van der Waals surface area (Å²) in [7, 11) is 1.61. The fourth-order valence-electron chi connectivity index (χ4n) is 6.82. The maximum Gasteiger partial charge on any atom is 0.256 e. The van der Waals surface area contributed by atoms with Gasteiger partial charge in [0.25, 0.3) is 11.8 Å². The second kappa shape index (κ2) is 10.3. The van der Waals surface area contributed by atoms with Gasteiger partial charge in [0.15, 0.2) is 0 Å². The number of nitrogens with one attached hydrogen (secondary N) is 2. The molecular formula is C28H39N3O4. The zero-order chi connectivity index (χ0) is 24.4. The van der Waals surface area contributed by atoms with Crippen LogP contribution in [0.3, 0.4) is 0 Å². The van der Waals surface area contributed by atoms with Gasteiger partial charge in [0.2, 0.25) is 5.43 Å². The summed E-state index contributed by atoms with van der Waals surface area (Å²) in [4.78, 5) is 39.6. The number of aromatic nitrogens is 1. The first-order valence-corrected chi connectivity index (χ1v) is 13.5. The van der Waals surface area contributed by atoms with Crippen molar-refractivity contribution in [2.45, 2.75) is 76.8 Å². The molecule has 190 valence electrons. The predicted octanol–water partition coefficient (Wildman–Crippen LogP) is 3.67. The van der Waals surface area contributed by atoms with E-state index in [-0.39, 0.29) is 23.1 Å². The Kier molecular flexibility index (Phi) is 7.14. The second-order valence-corrected chi connectivity index (χ2v) is 11.1. The van der Waals surface area contributed by atoms with Crippen molar-refractivity contribution in [1.29, 1.82) is 0 Å². The van der Waals surface area contributed by atoms with Crippen molar-refractivity contribution in [3.63, 3.8) is 0 Å². The number of allylic oxidation sites excluding steroid dienone is 2. The Bertz CT molecular complexity index is 1030. The highest BCUT2D eigenvalue weighted by Gasteiger charge is 2.62. The van der Waals surface area contributed by atoms with E-state index in [0.717, 1.165) is 32.1 Å². The predicted molar refractivity (Wildman–Crippen MR) is 134 cm³/mol. The van der Waals surface area contributed by atoms with E-state index >= 15 is 0 Å². The van der Waals surface area contributed by atoms with Crippen molar-refractivity contribution < 1.29 is 14.3 Å². The van der Waals surface area contributed by atoms with Crippen LogP contribution < -0.4 is 16.1 Å². The number of hydrogen-bond acceptors (Lipinski definition) is 4. The number of hydrogen-bond donors (Lipinski definition) is 2. The molecule has 7 nitrogen and oxygen atoms in total. The van der Waals surface area contributed by atoms with Crippen molar-refractivity contribution in [1.82, 2.24) is 15.2 Å². The Balaban J connectivity index is 1.30. The lowest BCUT2D eigenvalue weighted by atomic mass is 9.89. The Morgan fingerprint density at radius 1 is 1.03 bits per heavy atom.